The molecule has 10 heteroatoms. The van der Waals surface area contributed by atoms with Gasteiger partial charge in [-0.25, -0.2) is 12.8 Å². The highest BCUT2D eigenvalue weighted by Gasteiger charge is 2.49. The minimum atomic E-state index is -3.20. The SMILES string of the molecule is O=C(O)CCC(=O)N=C1S[C@H]2CS(=O)(=O)C[C@@H]2N1c1cccc(F)c1. The fourth-order valence-corrected chi connectivity index (χ4v) is 6.80. The van der Waals surface area contributed by atoms with Crippen LogP contribution < -0.4 is 4.90 Å². The second-order valence-electron chi connectivity index (χ2n) is 5.83. The Balaban J connectivity index is 1.92. The van der Waals surface area contributed by atoms with Crippen LogP contribution in [0.25, 0.3) is 0 Å². The fourth-order valence-electron chi connectivity index (χ4n) is 2.87. The van der Waals surface area contributed by atoms with Crippen molar-refractivity contribution < 1.29 is 27.5 Å². The Morgan fingerprint density at radius 2 is 2.08 bits per heavy atom. The molecule has 0 spiro atoms. The molecule has 3 rings (SSSR count). The lowest BCUT2D eigenvalue weighted by atomic mass is 10.2. The van der Waals surface area contributed by atoms with Gasteiger partial charge in [-0.15, -0.1) is 0 Å². The summed E-state index contributed by atoms with van der Waals surface area (Å²) in [6, 6.07) is 5.21. The summed E-state index contributed by atoms with van der Waals surface area (Å²) in [4.78, 5) is 28.0. The van der Waals surface area contributed by atoms with Crippen LogP contribution in [0.15, 0.2) is 29.3 Å². The molecule has 2 fully saturated rings. The molecule has 2 aliphatic heterocycles. The van der Waals surface area contributed by atoms with Crippen LogP contribution >= 0.6 is 11.8 Å². The number of amidine groups is 1. The number of rotatable bonds is 4. The van der Waals surface area contributed by atoms with Crippen LogP contribution in [0.4, 0.5) is 10.1 Å². The molecular weight excluding hydrogens is 371 g/mol. The molecule has 0 unspecified atom stereocenters. The van der Waals surface area contributed by atoms with Crippen LogP contribution in [0, 0.1) is 5.82 Å². The van der Waals surface area contributed by atoms with E-state index in [1.165, 1.54) is 18.2 Å². The first-order chi connectivity index (χ1) is 11.7. The number of thioether (sulfide) groups is 1. The Labute approximate surface area is 147 Å². The molecule has 134 valence electrons. The molecule has 1 amide bonds. The van der Waals surface area contributed by atoms with Gasteiger partial charge in [-0.1, -0.05) is 17.8 Å². The Morgan fingerprint density at radius 1 is 1.32 bits per heavy atom. The standard InChI is InChI=1S/C15H15FN2O5S2/c16-9-2-1-3-10(6-9)18-11-7-25(22,23)8-12(11)24-15(18)17-13(19)4-5-14(20)21/h1-3,6,11-12H,4-5,7-8H2,(H,20,21)/t11-,12-/m0/s1. The Kier molecular flexibility index (Phi) is 4.83. The third kappa shape index (κ3) is 4.01. The van der Waals surface area contributed by atoms with Crippen molar-refractivity contribution in [1.82, 2.24) is 0 Å². The molecular formula is C15H15FN2O5S2. The zero-order valence-electron chi connectivity index (χ0n) is 13.0. The van der Waals surface area contributed by atoms with E-state index in [2.05, 4.69) is 4.99 Å². The highest BCUT2D eigenvalue weighted by atomic mass is 32.2. The van der Waals surface area contributed by atoms with Crippen molar-refractivity contribution in [1.29, 1.82) is 0 Å². The van der Waals surface area contributed by atoms with E-state index >= 15 is 0 Å². The number of amides is 1. The van der Waals surface area contributed by atoms with E-state index in [1.54, 1.807) is 11.0 Å². The number of aliphatic carboxylic acids is 1. The molecule has 7 nitrogen and oxygen atoms in total. The zero-order chi connectivity index (χ0) is 18.2. The van der Waals surface area contributed by atoms with E-state index < -0.39 is 33.6 Å². The first kappa shape index (κ1) is 17.9. The predicted octanol–water partition coefficient (Wildman–Crippen LogP) is 1.29. The van der Waals surface area contributed by atoms with Gasteiger partial charge in [0.15, 0.2) is 15.0 Å². The third-order valence-electron chi connectivity index (χ3n) is 3.93. The minimum Gasteiger partial charge on any atom is -0.481 e. The molecule has 2 heterocycles. The van der Waals surface area contributed by atoms with Crippen molar-refractivity contribution in [2.75, 3.05) is 16.4 Å². The lowest BCUT2D eigenvalue weighted by molar-refractivity contribution is -0.138. The average molecular weight is 386 g/mol. The number of carboxylic acids is 1. The number of halogens is 1. The minimum absolute atomic E-state index is 0.0313. The van der Waals surface area contributed by atoms with E-state index in [0.717, 1.165) is 11.8 Å². The van der Waals surface area contributed by atoms with Crippen molar-refractivity contribution in [3.63, 3.8) is 0 Å². The maximum atomic E-state index is 13.6. The number of benzene rings is 1. The summed E-state index contributed by atoms with van der Waals surface area (Å²) in [6.07, 6.45) is -0.578. The number of anilines is 1. The van der Waals surface area contributed by atoms with Crippen molar-refractivity contribution in [3.8, 4) is 0 Å². The molecule has 1 N–H and O–H groups in total. The number of sulfone groups is 1. The number of nitrogens with zero attached hydrogens (tertiary/aromatic N) is 2. The van der Waals surface area contributed by atoms with E-state index in [-0.39, 0.29) is 34.8 Å². The van der Waals surface area contributed by atoms with Crippen LogP contribution in [0.3, 0.4) is 0 Å². The average Bonchev–Trinajstić information content (AvgIpc) is 2.96. The first-order valence-electron chi connectivity index (χ1n) is 7.50. The molecule has 2 atom stereocenters. The number of hydrogen-bond acceptors (Lipinski definition) is 5. The van der Waals surface area contributed by atoms with Crippen molar-refractivity contribution in [2.45, 2.75) is 24.1 Å². The Bertz CT molecular complexity index is 855. The summed E-state index contributed by atoms with van der Waals surface area (Å²) >= 11 is 1.16. The van der Waals surface area contributed by atoms with Gasteiger partial charge in [-0.05, 0) is 18.2 Å². The number of hydrogen-bond donors (Lipinski definition) is 1. The number of carbonyl (C=O) groups is 2. The van der Waals surface area contributed by atoms with Gasteiger partial charge in [0.2, 0.25) is 5.91 Å². The lowest BCUT2D eigenvalue weighted by Crippen LogP contribution is -2.37. The van der Waals surface area contributed by atoms with Crippen molar-refractivity contribution in [2.24, 2.45) is 4.99 Å². The number of carbonyl (C=O) groups excluding carboxylic acids is 1. The summed E-state index contributed by atoms with van der Waals surface area (Å²) in [7, 11) is -3.20. The number of aliphatic imine (C=N–C) groups is 1. The van der Waals surface area contributed by atoms with Crippen LogP contribution in [-0.2, 0) is 19.4 Å². The topological polar surface area (TPSA) is 104 Å². The van der Waals surface area contributed by atoms with Gasteiger partial charge in [0.25, 0.3) is 0 Å². The van der Waals surface area contributed by atoms with E-state index in [4.69, 9.17) is 5.11 Å². The van der Waals surface area contributed by atoms with E-state index in [0.29, 0.717) is 5.69 Å². The van der Waals surface area contributed by atoms with Gasteiger partial charge in [0.05, 0.1) is 24.0 Å². The van der Waals surface area contributed by atoms with E-state index in [1.807, 2.05) is 0 Å². The molecule has 0 saturated carbocycles. The quantitative estimate of drug-likeness (QED) is 0.831. The number of carboxylic acid groups (broad SMARTS) is 1. The van der Waals surface area contributed by atoms with Crippen LogP contribution in [0.5, 0.6) is 0 Å². The van der Waals surface area contributed by atoms with Crippen LogP contribution in [0.1, 0.15) is 12.8 Å². The predicted molar refractivity (Wildman–Crippen MR) is 92.0 cm³/mol. The molecule has 25 heavy (non-hydrogen) atoms. The van der Waals surface area contributed by atoms with Crippen LogP contribution in [0.2, 0.25) is 0 Å². The monoisotopic (exact) mass is 386 g/mol. The Hall–Kier alpha value is -1.94. The third-order valence-corrected chi connectivity index (χ3v) is 7.14. The van der Waals surface area contributed by atoms with Gasteiger partial charge < -0.3 is 10.0 Å². The molecule has 0 aliphatic carbocycles. The highest BCUT2D eigenvalue weighted by molar-refractivity contribution is 8.16. The smallest absolute Gasteiger partial charge is 0.303 e. The number of fused-ring (bicyclic) bond motifs is 1. The summed E-state index contributed by atoms with van der Waals surface area (Å²) in [5.74, 6) is -2.31. The maximum absolute atomic E-state index is 13.6. The fraction of sp³-hybridized carbons (Fsp3) is 0.400. The molecule has 0 aromatic heterocycles. The van der Waals surface area contributed by atoms with Crippen molar-refractivity contribution >= 4 is 44.3 Å². The zero-order valence-corrected chi connectivity index (χ0v) is 14.6. The van der Waals surface area contributed by atoms with Crippen LogP contribution in [-0.4, -0.2) is 53.4 Å². The second-order valence-corrected chi connectivity index (χ2v) is 9.19. The summed E-state index contributed by atoms with van der Waals surface area (Å²) < 4.78 is 37.4. The van der Waals surface area contributed by atoms with Gasteiger partial charge in [0, 0.05) is 17.4 Å². The lowest BCUT2D eigenvalue weighted by Gasteiger charge is -2.24. The molecule has 2 aliphatic rings. The maximum Gasteiger partial charge on any atom is 0.303 e. The van der Waals surface area contributed by atoms with Crippen molar-refractivity contribution in [3.05, 3.63) is 30.1 Å². The van der Waals surface area contributed by atoms with Gasteiger partial charge in [0.1, 0.15) is 5.82 Å². The van der Waals surface area contributed by atoms with Gasteiger partial charge >= 0.3 is 5.97 Å². The summed E-state index contributed by atoms with van der Waals surface area (Å²) in [5.41, 5.74) is 0.418. The molecule has 2 saturated heterocycles. The summed E-state index contributed by atoms with van der Waals surface area (Å²) in [6.45, 7) is 0. The normalized spacial score (nSPS) is 26.0. The second kappa shape index (κ2) is 6.75. The highest BCUT2D eigenvalue weighted by Crippen LogP contribution is 2.41. The Morgan fingerprint density at radius 3 is 2.76 bits per heavy atom. The summed E-state index contributed by atoms with van der Waals surface area (Å²) in [5, 5.41) is 8.64. The van der Waals surface area contributed by atoms with Gasteiger partial charge in [-0.2, -0.15) is 4.99 Å². The molecule has 1 aromatic carbocycles. The largest absolute Gasteiger partial charge is 0.481 e. The molecule has 0 radical (unpaired) electrons. The van der Waals surface area contributed by atoms with Gasteiger partial charge in [-0.3, -0.25) is 9.59 Å². The first-order valence-corrected chi connectivity index (χ1v) is 10.2. The molecule has 1 aromatic rings. The molecule has 0 bridgehead atoms. The van der Waals surface area contributed by atoms with E-state index in [9.17, 15) is 22.4 Å².